The van der Waals surface area contributed by atoms with Crippen LogP contribution < -0.4 is 15.8 Å². The van der Waals surface area contributed by atoms with Crippen LogP contribution in [0.25, 0.3) is 0 Å². The molecule has 1 saturated carbocycles. The largest absolute Gasteiger partial charge is 0.492 e. The Morgan fingerprint density at radius 1 is 1.50 bits per heavy atom. The van der Waals surface area contributed by atoms with Crippen molar-refractivity contribution in [3.63, 3.8) is 0 Å². The average Bonchev–Trinajstić information content (AvgIpc) is 3.25. The molecule has 0 radical (unpaired) electrons. The summed E-state index contributed by atoms with van der Waals surface area (Å²) in [6.45, 7) is 3.99. The summed E-state index contributed by atoms with van der Waals surface area (Å²) in [6.07, 6.45) is 2.56. The van der Waals surface area contributed by atoms with Gasteiger partial charge in [-0.15, -0.1) is 0 Å². The van der Waals surface area contributed by atoms with Crippen LogP contribution in [0.1, 0.15) is 30.1 Å². The van der Waals surface area contributed by atoms with Gasteiger partial charge in [0.05, 0.1) is 12.3 Å². The summed E-state index contributed by atoms with van der Waals surface area (Å²) in [5, 5.41) is 2.91. The molecule has 3 N–H and O–H groups in total. The van der Waals surface area contributed by atoms with Gasteiger partial charge < -0.3 is 20.7 Å². The van der Waals surface area contributed by atoms with E-state index in [0.29, 0.717) is 36.2 Å². The summed E-state index contributed by atoms with van der Waals surface area (Å²) in [7, 11) is 2.10. The van der Waals surface area contributed by atoms with Crippen molar-refractivity contribution in [3.05, 3.63) is 23.8 Å². The fraction of sp³-hybridized carbons (Fsp3) is 0.533. The van der Waals surface area contributed by atoms with Gasteiger partial charge >= 0.3 is 0 Å². The Hall–Kier alpha value is -1.75. The third kappa shape index (κ3) is 3.87. The molecule has 0 bridgehead atoms. The highest BCUT2D eigenvalue weighted by Gasteiger charge is 2.25. The lowest BCUT2D eigenvalue weighted by atomic mass is 10.1. The van der Waals surface area contributed by atoms with Crippen molar-refractivity contribution in [1.29, 1.82) is 0 Å². The van der Waals surface area contributed by atoms with Crippen molar-refractivity contribution in [2.45, 2.75) is 25.8 Å². The van der Waals surface area contributed by atoms with Gasteiger partial charge in [-0.3, -0.25) is 4.79 Å². The molecule has 1 amide bonds. The number of rotatable bonds is 7. The Kier molecular flexibility index (Phi) is 4.84. The van der Waals surface area contributed by atoms with E-state index in [1.807, 2.05) is 6.92 Å². The van der Waals surface area contributed by atoms with E-state index in [4.69, 9.17) is 10.5 Å². The van der Waals surface area contributed by atoms with Crippen molar-refractivity contribution in [2.75, 3.05) is 32.5 Å². The van der Waals surface area contributed by atoms with Gasteiger partial charge in [0.15, 0.2) is 0 Å². The van der Waals surface area contributed by atoms with Crippen molar-refractivity contribution in [3.8, 4) is 5.75 Å². The van der Waals surface area contributed by atoms with Gasteiger partial charge in [0.2, 0.25) is 0 Å². The number of nitrogen functional groups attached to an aromatic ring is 1. The number of carbonyl (C=O) groups is 1. The zero-order valence-corrected chi connectivity index (χ0v) is 12.2. The number of hydrogen-bond donors (Lipinski definition) is 2. The summed E-state index contributed by atoms with van der Waals surface area (Å²) in [4.78, 5) is 14.3. The molecule has 0 heterocycles. The maximum absolute atomic E-state index is 12.0. The zero-order chi connectivity index (χ0) is 14.5. The zero-order valence-electron chi connectivity index (χ0n) is 12.2. The molecule has 1 aromatic carbocycles. The molecule has 0 saturated heterocycles. The smallest absolute Gasteiger partial charge is 0.251 e. The first-order valence-electron chi connectivity index (χ1n) is 7.12. The van der Waals surface area contributed by atoms with Crippen LogP contribution >= 0.6 is 0 Å². The van der Waals surface area contributed by atoms with Crippen LogP contribution in [0.15, 0.2) is 18.2 Å². The number of nitrogens with zero attached hydrogens (tertiary/aromatic N) is 1. The molecule has 0 aliphatic heterocycles. The van der Waals surface area contributed by atoms with E-state index in [2.05, 4.69) is 17.3 Å². The molecule has 5 heteroatoms. The van der Waals surface area contributed by atoms with Crippen molar-refractivity contribution >= 4 is 11.6 Å². The minimum Gasteiger partial charge on any atom is -0.492 e. The molecular weight excluding hydrogens is 254 g/mol. The van der Waals surface area contributed by atoms with Crippen molar-refractivity contribution in [2.24, 2.45) is 0 Å². The van der Waals surface area contributed by atoms with Gasteiger partial charge in [-0.25, -0.2) is 0 Å². The minimum absolute atomic E-state index is 0.0936. The lowest BCUT2D eigenvalue weighted by molar-refractivity contribution is 0.0949. The molecule has 1 aliphatic rings. The lowest BCUT2D eigenvalue weighted by Crippen LogP contribution is -2.34. The van der Waals surface area contributed by atoms with Crippen LogP contribution in [-0.2, 0) is 0 Å². The van der Waals surface area contributed by atoms with Crippen LogP contribution in [0.3, 0.4) is 0 Å². The number of nitrogens with one attached hydrogen (secondary N) is 1. The van der Waals surface area contributed by atoms with E-state index in [1.165, 1.54) is 12.8 Å². The van der Waals surface area contributed by atoms with Gasteiger partial charge in [0.1, 0.15) is 5.75 Å². The number of nitrogens with two attached hydrogens (primary N) is 1. The normalized spacial score (nSPS) is 14.3. The summed E-state index contributed by atoms with van der Waals surface area (Å²) in [5.74, 6) is 0.529. The average molecular weight is 277 g/mol. The van der Waals surface area contributed by atoms with Crippen LogP contribution in [0.5, 0.6) is 5.75 Å². The topological polar surface area (TPSA) is 67.6 Å². The first-order valence-corrected chi connectivity index (χ1v) is 7.12. The predicted octanol–water partition coefficient (Wildman–Crippen LogP) is 1.49. The van der Waals surface area contributed by atoms with E-state index in [1.54, 1.807) is 18.2 Å². The second-order valence-electron chi connectivity index (χ2n) is 5.15. The molecular formula is C15H23N3O2. The molecule has 1 aromatic rings. The Labute approximate surface area is 120 Å². The number of carbonyl (C=O) groups excluding carboxylic acids is 1. The summed E-state index contributed by atoms with van der Waals surface area (Å²) < 4.78 is 5.35. The van der Waals surface area contributed by atoms with Gasteiger partial charge in [-0.2, -0.15) is 0 Å². The molecule has 1 fully saturated rings. The molecule has 0 unspecified atom stereocenters. The van der Waals surface area contributed by atoms with Gasteiger partial charge in [-0.1, -0.05) is 0 Å². The van der Waals surface area contributed by atoms with Gasteiger partial charge in [-0.05, 0) is 45.0 Å². The molecule has 2 rings (SSSR count). The molecule has 5 nitrogen and oxygen atoms in total. The number of likely N-dealkylation sites (N-methyl/N-ethyl adjacent to an activating group) is 1. The monoisotopic (exact) mass is 277 g/mol. The van der Waals surface area contributed by atoms with Crippen molar-refractivity contribution in [1.82, 2.24) is 10.2 Å². The maximum Gasteiger partial charge on any atom is 0.251 e. The number of hydrogen-bond acceptors (Lipinski definition) is 4. The van der Waals surface area contributed by atoms with Gasteiger partial charge in [0, 0.05) is 24.7 Å². The first-order chi connectivity index (χ1) is 9.61. The SMILES string of the molecule is CCOc1ccc(C(=O)NCCN(C)C2CC2)cc1N. The second-order valence-corrected chi connectivity index (χ2v) is 5.15. The Morgan fingerprint density at radius 3 is 2.85 bits per heavy atom. The molecule has 0 atom stereocenters. The van der Waals surface area contributed by atoms with Crippen LogP contribution in [0.2, 0.25) is 0 Å². The molecule has 0 aromatic heterocycles. The summed E-state index contributed by atoms with van der Waals surface area (Å²) in [5.41, 5.74) is 6.92. The Morgan fingerprint density at radius 2 is 2.25 bits per heavy atom. The Balaban J connectivity index is 1.83. The number of amides is 1. The van der Waals surface area contributed by atoms with E-state index < -0.39 is 0 Å². The maximum atomic E-state index is 12.0. The lowest BCUT2D eigenvalue weighted by Gasteiger charge is -2.16. The summed E-state index contributed by atoms with van der Waals surface area (Å²) in [6, 6.07) is 5.85. The highest BCUT2D eigenvalue weighted by atomic mass is 16.5. The molecule has 20 heavy (non-hydrogen) atoms. The van der Waals surface area contributed by atoms with Crippen molar-refractivity contribution < 1.29 is 9.53 Å². The van der Waals surface area contributed by atoms with E-state index in [0.717, 1.165) is 6.54 Å². The third-order valence-electron chi connectivity index (χ3n) is 3.49. The summed E-state index contributed by atoms with van der Waals surface area (Å²) >= 11 is 0. The van der Waals surface area contributed by atoms with E-state index >= 15 is 0 Å². The number of benzene rings is 1. The fourth-order valence-corrected chi connectivity index (χ4v) is 2.12. The molecule has 110 valence electrons. The number of anilines is 1. The van der Waals surface area contributed by atoms with Gasteiger partial charge in [0.25, 0.3) is 5.91 Å². The predicted molar refractivity (Wildman–Crippen MR) is 80.0 cm³/mol. The standard InChI is InChI=1S/C15H23N3O2/c1-3-20-14-7-4-11(10-13(14)16)15(19)17-8-9-18(2)12-5-6-12/h4,7,10,12H,3,5-6,8-9,16H2,1-2H3,(H,17,19). The second kappa shape index (κ2) is 6.61. The van der Waals surface area contributed by atoms with Crippen LogP contribution in [0.4, 0.5) is 5.69 Å². The minimum atomic E-state index is -0.0936. The highest BCUT2D eigenvalue weighted by Crippen LogP contribution is 2.24. The third-order valence-corrected chi connectivity index (χ3v) is 3.49. The van der Waals surface area contributed by atoms with E-state index in [-0.39, 0.29) is 5.91 Å². The molecule has 0 spiro atoms. The quantitative estimate of drug-likeness (QED) is 0.741. The highest BCUT2D eigenvalue weighted by molar-refractivity contribution is 5.95. The first kappa shape index (κ1) is 14.7. The number of ether oxygens (including phenoxy) is 1. The van der Waals surface area contributed by atoms with Crippen LogP contribution in [0, 0.1) is 0 Å². The Bertz CT molecular complexity index is 472. The molecule has 1 aliphatic carbocycles. The van der Waals surface area contributed by atoms with Crippen LogP contribution in [-0.4, -0.2) is 43.6 Å². The fourth-order valence-electron chi connectivity index (χ4n) is 2.12. The van der Waals surface area contributed by atoms with E-state index in [9.17, 15) is 4.79 Å².